The lowest BCUT2D eigenvalue weighted by Crippen LogP contribution is -2.41. The van der Waals surface area contributed by atoms with E-state index in [-0.39, 0.29) is 23.9 Å². The zero-order chi connectivity index (χ0) is 19.9. The van der Waals surface area contributed by atoms with Gasteiger partial charge in [0.25, 0.3) is 0 Å². The molecule has 1 fully saturated rings. The van der Waals surface area contributed by atoms with Crippen molar-refractivity contribution in [1.29, 1.82) is 0 Å². The number of likely N-dealkylation sites (N-methyl/N-ethyl adjacent to an activating group) is 1. The van der Waals surface area contributed by atoms with Gasteiger partial charge in [0.15, 0.2) is 5.96 Å². The fraction of sp³-hybridized carbons (Fsp3) is 0.833. The summed E-state index contributed by atoms with van der Waals surface area (Å²) in [6.07, 6.45) is -0.363. The molecule has 0 saturated carbocycles. The van der Waals surface area contributed by atoms with Crippen molar-refractivity contribution in [3.8, 4) is 0 Å². The maximum atomic E-state index is 12.0. The van der Waals surface area contributed by atoms with Crippen molar-refractivity contribution < 1.29 is 19.1 Å². The molecule has 1 amide bonds. The molecule has 150 valence electrons. The Hall–Kier alpha value is -1.99. The first kappa shape index (κ1) is 22.1. The topological polar surface area (TPSA) is 83.5 Å². The van der Waals surface area contributed by atoms with Gasteiger partial charge in [0.05, 0.1) is 19.6 Å². The number of guanidine groups is 1. The highest BCUT2D eigenvalue weighted by Crippen LogP contribution is 2.24. The molecule has 8 nitrogen and oxygen atoms in total. The fourth-order valence-electron chi connectivity index (χ4n) is 2.76. The second-order valence-corrected chi connectivity index (χ2v) is 7.65. The van der Waals surface area contributed by atoms with E-state index in [9.17, 15) is 9.59 Å². The molecule has 0 aromatic heterocycles. The lowest BCUT2D eigenvalue weighted by molar-refractivity contribution is -0.145. The molecule has 0 bridgehead atoms. The molecule has 1 aliphatic rings. The minimum absolute atomic E-state index is 0.145. The third-order valence-corrected chi connectivity index (χ3v) is 4.15. The first-order valence-electron chi connectivity index (χ1n) is 9.14. The summed E-state index contributed by atoms with van der Waals surface area (Å²) in [5.41, 5.74) is -0.516. The zero-order valence-corrected chi connectivity index (χ0v) is 17.2. The number of nitrogens with one attached hydrogen (secondary N) is 1. The van der Waals surface area contributed by atoms with Crippen LogP contribution in [0.2, 0.25) is 0 Å². The van der Waals surface area contributed by atoms with E-state index in [1.807, 2.05) is 34.6 Å². The Kier molecular flexibility index (Phi) is 8.17. The lowest BCUT2D eigenvalue weighted by Gasteiger charge is -2.25. The smallest absolute Gasteiger partial charge is 0.410 e. The van der Waals surface area contributed by atoms with Crippen LogP contribution < -0.4 is 5.32 Å². The summed E-state index contributed by atoms with van der Waals surface area (Å²) >= 11 is 0. The molecule has 0 spiro atoms. The standard InChI is InChI=1S/C18H34N4O4/c1-8-19-16(22-11-13(2)14(12-22)15(23)25-7)20-9-10-21(6)17(24)26-18(3,4)5/h13-14H,8-12H2,1-7H3,(H,19,20). The number of nitrogens with zero attached hydrogens (tertiary/aromatic N) is 3. The summed E-state index contributed by atoms with van der Waals surface area (Å²) in [5.74, 6) is 0.632. The van der Waals surface area contributed by atoms with Crippen LogP contribution >= 0.6 is 0 Å². The second kappa shape index (κ2) is 9.64. The number of aliphatic imine (C=N–C) groups is 1. The SMILES string of the molecule is CCNC(=NCCN(C)C(=O)OC(C)(C)C)N1CC(C)C(C(=O)OC)C1. The van der Waals surface area contributed by atoms with Gasteiger partial charge in [-0.3, -0.25) is 9.79 Å². The van der Waals surface area contributed by atoms with Crippen molar-refractivity contribution in [2.75, 3.05) is 46.9 Å². The average Bonchev–Trinajstić information content (AvgIpc) is 2.93. The van der Waals surface area contributed by atoms with Crippen LogP contribution in [0.4, 0.5) is 4.79 Å². The Labute approximate surface area is 156 Å². The van der Waals surface area contributed by atoms with Gasteiger partial charge in [-0.05, 0) is 33.6 Å². The van der Waals surface area contributed by atoms with Gasteiger partial charge in [-0.15, -0.1) is 0 Å². The van der Waals surface area contributed by atoms with Crippen LogP contribution in [0.3, 0.4) is 0 Å². The van der Waals surface area contributed by atoms with Crippen LogP contribution in [-0.4, -0.2) is 80.3 Å². The van der Waals surface area contributed by atoms with Crippen LogP contribution in [-0.2, 0) is 14.3 Å². The minimum Gasteiger partial charge on any atom is -0.469 e. The first-order valence-corrected chi connectivity index (χ1v) is 9.14. The number of amides is 1. The van der Waals surface area contributed by atoms with E-state index < -0.39 is 5.60 Å². The van der Waals surface area contributed by atoms with E-state index in [0.29, 0.717) is 19.6 Å². The molecule has 2 unspecified atom stereocenters. The third kappa shape index (κ3) is 6.72. The average molecular weight is 370 g/mol. The number of hydrogen-bond donors (Lipinski definition) is 1. The Morgan fingerprint density at radius 3 is 2.50 bits per heavy atom. The summed E-state index contributed by atoms with van der Waals surface area (Å²) in [6, 6.07) is 0. The van der Waals surface area contributed by atoms with Crippen LogP contribution in [0.1, 0.15) is 34.6 Å². The summed E-state index contributed by atoms with van der Waals surface area (Å²) in [7, 11) is 3.12. The highest BCUT2D eigenvalue weighted by atomic mass is 16.6. The molecule has 0 aromatic carbocycles. The Balaban J connectivity index is 2.64. The summed E-state index contributed by atoms with van der Waals surface area (Å²) in [4.78, 5) is 32.1. The molecular weight excluding hydrogens is 336 g/mol. The highest BCUT2D eigenvalue weighted by Gasteiger charge is 2.36. The summed E-state index contributed by atoms with van der Waals surface area (Å²) in [5, 5.41) is 3.25. The van der Waals surface area contributed by atoms with Gasteiger partial charge in [0.1, 0.15) is 5.60 Å². The summed E-state index contributed by atoms with van der Waals surface area (Å²) in [6.45, 7) is 12.5. The van der Waals surface area contributed by atoms with Crippen molar-refractivity contribution in [2.24, 2.45) is 16.8 Å². The molecule has 1 saturated heterocycles. The number of methoxy groups -OCH3 is 1. The number of carbonyl (C=O) groups excluding carboxylic acids is 2. The highest BCUT2D eigenvalue weighted by molar-refractivity contribution is 5.82. The largest absolute Gasteiger partial charge is 0.469 e. The number of carbonyl (C=O) groups is 2. The molecular formula is C18H34N4O4. The van der Waals surface area contributed by atoms with Gasteiger partial charge in [-0.25, -0.2) is 4.79 Å². The molecule has 1 heterocycles. The van der Waals surface area contributed by atoms with E-state index in [2.05, 4.69) is 15.2 Å². The van der Waals surface area contributed by atoms with Crippen molar-refractivity contribution in [3.05, 3.63) is 0 Å². The number of ether oxygens (including phenoxy) is 2. The van der Waals surface area contributed by atoms with Crippen molar-refractivity contribution in [1.82, 2.24) is 15.1 Å². The van der Waals surface area contributed by atoms with Gasteiger partial charge in [-0.1, -0.05) is 6.92 Å². The Bertz CT molecular complexity index is 516. The van der Waals surface area contributed by atoms with Crippen molar-refractivity contribution in [3.63, 3.8) is 0 Å². The quantitative estimate of drug-likeness (QED) is 0.449. The van der Waals surface area contributed by atoms with E-state index in [1.165, 1.54) is 12.0 Å². The van der Waals surface area contributed by atoms with Crippen molar-refractivity contribution >= 4 is 18.0 Å². The van der Waals surface area contributed by atoms with Gasteiger partial charge < -0.3 is 24.6 Å². The molecule has 26 heavy (non-hydrogen) atoms. The molecule has 0 aliphatic carbocycles. The zero-order valence-electron chi connectivity index (χ0n) is 17.2. The Morgan fingerprint density at radius 2 is 1.96 bits per heavy atom. The minimum atomic E-state index is -0.516. The lowest BCUT2D eigenvalue weighted by atomic mass is 9.99. The molecule has 8 heteroatoms. The number of esters is 1. The molecule has 1 N–H and O–H groups in total. The second-order valence-electron chi connectivity index (χ2n) is 7.65. The van der Waals surface area contributed by atoms with Crippen LogP contribution in [0.5, 0.6) is 0 Å². The van der Waals surface area contributed by atoms with E-state index >= 15 is 0 Å². The predicted molar refractivity (Wildman–Crippen MR) is 101 cm³/mol. The molecule has 1 rings (SSSR count). The van der Waals surface area contributed by atoms with Gasteiger partial charge in [0.2, 0.25) is 0 Å². The maximum Gasteiger partial charge on any atom is 0.410 e. The molecule has 0 radical (unpaired) electrons. The Morgan fingerprint density at radius 1 is 1.31 bits per heavy atom. The van der Waals surface area contributed by atoms with Crippen LogP contribution in [0, 0.1) is 11.8 Å². The first-order chi connectivity index (χ1) is 12.1. The van der Waals surface area contributed by atoms with Gasteiger partial charge in [0, 0.05) is 33.2 Å². The monoisotopic (exact) mass is 370 g/mol. The fourth-order valence-corrected chi connectivity index (χ4v) is 2.76. The number of hydrogen-bond acceptors (Lipinski definition) is 5. The normalized spacial score (nSPS) is 20.7. The predicted octanol–water partition coefficient (Wildman–Crippen LogP) is 1.56. The van der Waals surface area contributed by atoms with Gasteiger partial charge in [-0.2, -0.15) is 0 Å². The van der Waals surface area contributed by atoms with Crippen molar-refractivity contribution in [2.45, 2.75) is 40.2 Å². The summed E-state index contributed by atoms with van der Waals surface area (Å²) < 4.78 is 10.2. The molecule has 2 atom stereocenters. The van der Waals surface area contributed by atoms with Crippen LogP contribution in [0.25, 0.3) is 0 Å². The van der Waals surface area contributed by atoms with Gasteiger partial charge >= 0.3 is 12.1 Å². The van der Waals surface area contributed by atoms with E-state index in [1.54, 1.807) is 7.05 Å². The molecule has 1 aliphatic heterocycles. The van der Waals surface area contributed by atoms with E-state index in [4.69, 9.17) is 9.47 Å². The molecule has 0 aromatic rings. The number of rotatable bonds is 5. The number of likely N-dealkylation sites (tertiary alicyclic amines) is 1. The van der Waals surface area contributed by atoms with Crippen LogP contribution in [0.15, 0.2) is 4.99 Å². The third-order valence-electron chi connectivity index (χ3n) is 4.15. The maximum absolute atomic E-state index is 12.0. The van der Waals surface area contributed by atoms with E-state index in [0.717, 1.165) is 19.0 Å².